The van der Waals surface area contributed by atoms with Crippen LogP contribution in [0, 0.1) is 24.4 Å². The van der Waals surface area contributed by atoms with Crippen molar-refractivity contribution in [2.24, 2.45) is 12.8 Å². The number of carboxylic acid groups (broad SMARTS) is 1. The van der Waals surface area contributed by atoms with Gasteiger partial charge in [0.1, 0.15) is 18.0 Å². The second kappa shape index (κ2) is 13.8. The van der Waals surface area contributed by atoms with Gasteiger partial charge in [-0.1, -0.05) is 12.1 Å². The molecule has 0 amide bonds. The number of aryl methyl sites for hydroxylation is 4. The second-order valence-electron chi connectivity index (χ2n) is 11.6. The standard InChI is InChI=1S/C33H31F3N10O4/c1-18-10-27-23(15-43(2)42-27)22(6-8-37)29(18)40-31-41-32(49)45(33(50)44(31)14-21-12-25(35)26(36)13-24(21)34)16-28-38-17-39-46(28)9-7-19-4-3-5-20(11-19)30(47)48/h3-5,10-13,15,17H,6-9,14,16,37H2,1-2H3,(H,47,48)(H,40,41,49). The van der Waals surface area contributed by atoms with E-state index in [0.717, 1.165) is 20.1 Å². The number of fused-ring (bicyclic) bond motifs is 1. The number of carboxylic acids is 1. The van der Waals surface area contributed by atoms with E-state index in [1.54, 1.807) is 43.0 Å². The van der Waals surface area contributed by atoms with Gasteiger partial charge in [-0.3, -0.25) is 9.25 Å². The van der Waals surface area contributed by atoms with Crippen molar-refractivity contribution in [2.75, 3.05) is 11.9 Å². The van der Waals surface area contributed by atoms with Crippen molar-refractivity contribution in [3.05, 3.63) is 127 Å². The lowest BCUT2D eigenvalue weighted by atomic mass is 10.0. The van der Waals surface area contributed by atoms with Crippen LogP contribution >= 0.6 is 0 Å². The van der Waals surface area contributed by atoms with Crippen LogP contribution in [0.5, 0.6) is 0 Å². The summed E-state index contributed by atoms with van der Waals surface area (Å²) >= 11 is 0. The molecule has 0 aliphatic heterocycles. The number of nitrogens with two attached hydrogens (primary N) is 1. The molecule has 3 aromatic carbocycles. The van der Waals surface area contributed by atoms with Gasteiger partial charge in [-0.15, -0.1) is 0 Å². The minimum atomic E-state index is -1.40. The summed E-state index contributed by atoms with van der Waals surface area (Å²) in [7, 11) is 1.77. The van der Waals surface area contributed by atoms with E-state index in [1.165, 1.54) is 23.1 Å². The SMILES string of the molecule is Cc1cc2nn(C)cc2c(CCN)c1Nc1nc(=O)n(Cc2ncnn2CCc2cccc(C(=O)O)c2)c(=O)n1Cc1cc(F)c(F)cc1F. The normalized spacial score (nSPS) is 11.4. The van der Waals surface area contributed by atoms with Crippen LogP contribution in [-0.2, 0) is 39.5 Å². The van der Waals surface area contributed by atoms with Gasteiger partial charge in [-0.25, -0.2) is 41.8 Å². The van der Waals surface area contributed by atoms with Crippen molar-refractivity contribution in [3.63, 3.8) is 0 Å². The van der Waals surface area contributed by atoms with Gasteiger partial charge < -0.3 is 16.2 Å². The molecule has 0 saturated heterocycles. The monoisotopic (exact) mass is 688 g/mol. The maximum Gasteiger partial charge on any atom is 0.355 e. The fourth-order valence-corrected chi connectivity index (χ4v) is 5.78. The average molecular weight is 689 g/mol. The lowest BCUT2D eigenvalue weighted by Crippen LogP contribution is -2.43. The highest BCUT2D eigenvalue weighted by molar-refractivity contribution is 5.90. The van der Waals surface area contributed by atoms with E-state index in [1.807, 2.05) is 0 Å². The highest BCUT2D eigenvalue weighted by atomic mass is 19.2. The molecule has 0 saturated carbocycles. The van der Waals surface area contributed by atoms with Crippen molar-refractivity contribution < 1.29 is 23.1 Å². The summed E-state index contributed by atoms with van der Waals surface area (Å²) in [5.41, 5.74) is 7.11. The van der Waals surface area contributed by atoms with Crippen LogP contribution in [-0.4, -0.2) is 56.3 Å². The van der Waals surface area contributed by atoms with Crippen molar-refractivity contribution in [2.45, 2.75) is 39.4 Å². The van der Waals surface area contributed by atoms with Crippen molar-refractivity contribution in [3.8, 4) is 0 Å². The highest BCUT2D eigenvalue weighted by Gasteiger charge is 2.21. The lowest BCUT2D eigenvalue weighted by molar-refractivity contribution is 0.0696. The Kier molecular flexibility index (Phi) is 9.32. The molecule has 0 spiro atoms. The van der Waals surface area contributed by atoms with Crippen molar-refractivity contribution in [1.82, 2.24) is 38.7 Å². The predicted octanol–water partition coefficient (Wildman–Crippen LogP) is 2.89. The van der Waals surface area contributed by atoms with Gasteiger partial charge in [0, 0.05) is 42.5 Å². The smallest absolute Gasteiger partial charge is 0.355 e. The minimum absolute atomic E-state index is 0.122. The lowest BCUT2D eigenvalue weighted by Gasteiger charge is -2.19. The number of hydrogen-bond acceptors (Lipinski definition) is 9. The summed E-state index contributed by atoms with van der Waals surface area (Å²) in [6.07, 6.45) is 3.79. The maximum absolute atomic E-state index is 14.9. The van der Waals surface area contributed by atoms with Crippen molar-refractivity contribution >= 4 is 28.5 Å². The number of benzene rings is 3. The van der Waals surface area contributed by atoms with Gasteiger partial charge in [-0.2, -0.15) is 15.2 Å². The summed E-state index contributed by atoms with van der Waals surface area (Å²) in [5, 5.41) is 21.8. The first kappa shape index (κ1) is 33.8. The van der Waals surface area contributed by atoms with Gasteiger partial charge in [-0.05, 0) is 67.3 Å². The van der Waals surface area contributed by atoms with Gasteiger partial charge >= 0.3 is 17.3 Å². The Balaban J connectivity index is 1.41. The van der Waals surface area contributed by atoms with E-state index in [-0.39, 0.29) is 42.5 Å². The molecule has 14 nitrogen and oxygen atoms in total. The summed E-state index contributed by atoms with van der Waals surface area (Å²) in [5.74, 6) is -4.97. The van der Waals surface area contributed by atoms with E-state index in [4.69, 9.17) is 5.73 Å². The van der Waals surface area contributed by atoms with Gasteiger partial charge in [0.05, 0.1) is 24.2 Å². The number of carbonyl (C=O) groups is 1. The van der Waals surface area contributed by atoms with E-state index in [0.29, 0.717) is 47.3 Å². The van der Waals surface area contributed by atoms with Crippen LogP contribution in [0.15, 0.2) is 64.6 Å². The average Bonchev–Trinajstić information content (AvgIpc) is 3.68. The van der Waals surface area contributed by atoms with E-state index < -0.39 is 41.3 Å². The first-order valence-corrected chi connectivity index (χ1v) is 15.4. The van der Waals surface area contributed by atoms with Crippen LogP contribution in [0.2, 0.25) is 0 Å². The van der Waals surface area contributed by atoms with Crippen LogP contribution in [0.3, 0.4) is 0 Å². The fourth-order valence-electron chi connectivity index (χ4n) is 5.78. The molecule has 3 aromatic heterocycles. The molecule has 0 aliphatic carbocycles. The number of anilines is 2. The Morgan fingerprint density at radius 3 is 2.54 bits per heavy atom. The molecular weight excluding hydrogens is 657 g/mol. The van der Waals surface area contributed by atoms with Crippen LogP contribution < -0.4 is 22.4 Å². The number of nitrogens with zero attached hydrogens (tertiary/aromatic N) is 8. The Morgan fingerprint density at radius 2 is 1.78 bits per heavy atom. The summed E-state index contributed by atoms with van der Waals surface area (Å²) < 4.78 is 47.8. The zero-order valence-corrected chi connectivity index (χ0v) is 26.9. The third kappa shape index (κ3) is 6.75. The summed E-state index contributed by atoms with van der Waals surface area (Å²) in [6, 6.07) is 9.20. The number of aromatic nitrogens is 8. The maximum atomic E-state index is 14.9. The third-order valence-corrected chi connectivity index (χ3v) is 8.21. The van der Waals surface area contributed by atoms with Gasteiger partial charge in [0.25, 0.3) is 0 Å². The molecule has 4 N–H and O–H groups in total. The molecule has 0 atom stereocenters. The quantitative estimate of drug-likeness (QED) is 0.162. The van der Waals surface area contributed by atoms with Gasteiger partial charge in [0.2, 0.25) is 5.95 Å². The minimum Gasteiger partial charge on any atom is -0.478 e. The van der Waals surface area contributed by atoms with E-state index >= 15 is 0 Å². The molecule has 0 bridgehead atoms. The molecule has 6 aromatic rings. The molecule has 0 fully saturated rings. The molecular formula is C33H31F3N10O4. The topological polar surface area (TPSA) is 181 Å². The zero-order valence-electron chi connectivity index (χ0n) is 26.9. The Morgan fingerprint density at radius 1 is 1.00 bits per heavy atom. The highest BCUT2D eigenvalue weighted by Crippen LogP contribution is 2.31. The van der Waals surface area contributed by atoms with Crippen LogP contribution in [0.25, 0.3) is 10.9 Å². The first-order chi connectivity index (χ1) is 23.9. The fraction of sp³-hybridized carbons (Fsp3) is 0.242. The predicted molar refractivity (Wildman–Crippen MR) is 176 cm³/mol. The molecule has 50 heavy (non-hydrogen) atoms. The van der Waals surface area contributed by atoms with Crippen LogP contribution in [0.4, 0.5) is 24.8 Å². The number of nitrogens with one attached hydrogen (secondary N) is 1. The summed E-state index contributed by atoms with van der Waals surface area (Å²) in [6.45, 7) is 1.27. The molecule has 258 valence electrons. The van der Waals surface area contributed by atoms with Crippen LogP contribution in [0.1, 0.15) is 38.4 Å². The van der Waals surface area contributed by atoms with E-state index in [9.17, 15) is 32.7 Å². The molecule has 0 radical (unpaired) electrons. The Bertz CT molecular complexity index is 2380. The molecule has 3 heterocycles. The first-order valence-electron chi connectivity index (χ1n) is 15.4. The summed E-state index contributed by atoms with van der Waals surface area (Å²) in [4.78, 5) is 47.4. The second-order valence-corrected chi connectivity index (χ2v) is 11.6. The molecule has 0 unspecified atom stereocenters. The molecule has 0 aliphatic rings. The zero-order chi connectivity index (χ0) is 35.7. The Labute approximate surface area is 281 Å². The Hall–Kier alpha value is -6.10. The third-order valence-electron chi connectivity index (χ3n) is 8.21. The van der Waals surface area contributed by atoms with Gasteiger partial charge in [0.15, 0.2) is 11.6 Å². The number of aromatic carboxylic acids is 1. The molecule has 17 heteroatoms. The largest absolute Gasteiger partial charge is 0.478 e. The van der Waals surface area contributed by atoms with E-state index in [2.05, 4.69) is 25.5 Å². The number of rotatable bonds is 12. The molecule has 6 rings (SSSR count). The number of hydrogen-bond donors (Lipinski definition) is 3. The number of halogens is 3. The van der Waals surface area contributed by atoms with Crippen molar-refractivity contribution in [1.29, 1.82) is 0 Å².